The van der Waals surface area contributed by atoms with Crippen molar-refractivity contribution in [3.8, 4) is 0 Å². The number of rotatable bonds is 6. The molecule has 1 aromatic rings. The lowest BCUT2D eigenvalue weighted by atomic mass is 9.66. The van der Waals surface area contributed by atoms with Gasteiger partial charge in [-0.3, -0.25) is 4.79 Å². The number of hydrogen-bond donors (Lipinski definition) is 3. The molecule has 0 saturated carbocycles. The number of likely N-dealkylation sites (tertiary alicyclic amines) is 2. The molecule has 2 fully saturated rings. The normalized spacial score (nSPS) is 19.6. The van der Waals surface area contributed by atoms with E-state index in [1.165, 1.54) is 5.56 Å². The molecular weight excluding hydrogens is 489 g/mol. The van der Waals surface area contributed by atoms with Gasteiger partial charge in [0.15, 0.2) is 0 Å². The van der Waals surface area contributed by atoms with E-state index in [1.54, 1.807) is 0 Å². The maximum Gasteiger partial charge on any atom is 0.490 e. The zero-order valence-electron chi connectivity index (χ0n) is 21.8. The Morgan fingerprint density at radius 2 is 1.68 bits per heavy atom. The van der Waals surface area contributed by atoms with Crippen molar-refractivity contribution >= 4 is 17.9 Å². The first-order valence-electron chi connectivity index (χ1n) is 12.7. The lowest BCUT2D eigenvalue weighted by molar-refractivity contribution is -0.192. The standard InChI is InChI=1S/C24H38N4O2.C2HF3O2/c1-19(2)26-23(30)25-18-21-24(13-16-27(3)17-14-24)12-7-15-28(21)22(29)11-10-20-8-5-4-6-9-20;3-2(4,5)1(6)7/h4-6,8-9,19,21H,7,10-18H2,1-3H3,(H2,25,26,30);(H,6,7). The van der Waals surface area contributed by atoms with E-state index in [9.17, 15) is 22.8 Å². The van der Waals surface area contributed by atoms with Crippen molar-refractivity contribution in [2.45, 2.75) is 70.6 Å². The fraction of sp³-hybridized carbons (Fsp3) is 0.654. The highest BCUT2D eigenvalue weighted by molar-refractivity contribution is 5.77. The summed E-state index contributed by atoms with van der Waals surface area (Å²) >= 11 is 0. The van der Waals surface area contributed by atoms with Gasteiger partial charge >= 0.3 is 18.2 Å². The van der Waals surface area contributed by atoms with E-state index in [2.05, 4.69) is 39.6 Å². The first-order chi connectivity index (χ1) is 17.3. The maximum absolute atomic E-state index is 13.3. The number of carboxylic acids is 1. The number of aryl methyl sites for hydroxylation is 1. The maximum atomic E-state index is 13.3. The molecule has 1 spiro atoms. The number of urea groups is 1. The van der Waals surface area contributed by atoms with Crippen molar-refractivity contribution in [2.75, 3.05) is 33.2 Å². The van der Waals surface area contributed by atoms with Crippen LogP contribution in [0, 0.1) is 5.41 Å². The molecular formula is C26H39F3N4O4. The van der Waals surface area contributed by atoms with Gasteiger partial charge in [-0.05, 0) is 77.1 Å². The number of alkyl halides is 3. The molecule has 37 heavy (non-hydrogen) atoms. The van der Waals surface area contributed by atoms with Crippen LogP contribution in [0.4, 0.5) is 18.0 Å². The number of nitrogens with one attached hydrogen (secondary N) is 2. The van der Waals surface area contributed by atoms with Gasteiger partial charge in [-0.1, -0.05) is 30.3 Å². The van der Waals surface area contributed by atoms with Gasteiger partial charge < -0.3 is 25.5 Å². The van der Waals surface area contributed by atoms with Gasteiger partial charge in [-0.2, -0.15) is 13.2 Å². The molecule has 3 N–H and O–H groups in total. The number of benzene rings is 1. The molecule has 2 heterocycles. The number of carbonyl (C=O) groups excluding carboxylic acids is 2. The molecule has 3 rings (SSSR count). The summed E-state index contributed by atoms with van der Waals surface area (Å²) in [6.45, 7) is 7.35. The summed E-state index contributed by atoms with van der Waals surface area (Å²) in [5.74, 6) is -2.54. The Hall–Kier alpha value is -2.82. The second-order valence-electron chi connectivity index (χ2n) is 10.2. The SMILES string of the molecule is CC(C)NC(=O)NCC1N(C(=O)CCc2ccccc2)CCCC12CCN(C)CC2.O=C(O)C(F)(F)F. The zero-order chi connectivity index (χ0) is 27.6. The van der Waals surface area contributed by atoms with Crippen LogP contribution in [0.3, 0.4) is 0 Å². The molecule has 0 aromatic heterocycles. The molecule has 2 saturated heterocycles. The zero-order valence-corrected chi connectivity index (χ0v) is 21.8. The van der Waals surface area contributed by atoms with Gasteiger partial charge in [0.2, 0.25) is 5.91 Å². The lowest BCUT2D eigenvalue weighted by Crippen LogP contribution is -2.61. The van der Waals surface area contributed by atoms with Gasteiger partial charge in [0.05, 0.1) is 6.04 Å². The van der Waals surface area contributed by atoms with E-state index < -0.39 is 12.1 Å². The minimum absolute atomic E-state index is 0.0705. The van der Waals surface area contributed by atoms with Crippen LogP contribution in [0.1, 0.15) is 51.5 Å². The summed E-state index contributed by atoms with van der Waals surface area (Å²) in [5, 5.41) is 13.1. The van der Waals surface area contributed by atoms with E-state index in [0.29, 0.717) is 13.0 Å². The van der Waals surface area contributed by atoms with Gasteiger partial charge in [0.25, 0.3) is 0 Å². The van der Waals surface area contributed by atoms with Crippen molar-refractivity contribution in [3.63, 3.8) is 0 Å². The largest absolute Gasteiger partial charge is 0.490 e. The number of nitrogens with zero attached hydrogens (tertiary/aromatic N) is 2. The number of piperidine rings is 2. The van der Waals surface area contributed by atoms with Crippen LogP contribution in [0.2, 0.25) is 0 Å². The minimum Gasteiger partial charge on any atom is -0.475 e. The van der Waals surface area contributed by atoms with E-state index in [-0.39, 0.29) is 29.4 Å². The van der Waals surface area contributed by atoms with Crippen molar-refractivity contribution in [1.82, 2.24) is 20.4 Å². The molecule has 1 atom stereocenters. The van der Waals surface area contributed by atoms with Crippen LogP contribution in [-0.4, -0.2) is 84.3 Å². The molecule has 0 aliphatic carbocycles. The van der Waals surface area contributed by atoms with E-state index in [1.807, 2.05) is 32.0 Å². The summed E-state index contributed by atoms with van der Waals surface area (Å²) < 4.78 is 31.7. The van der Waals surface area contributed by atoms with Crippen LogP contribution in [0.25, 0.3) is 0 Å². The van der Waals surface area contributed by atoms with E-state index in [0.717, 1.165) is 51.7 Å². The van der Waals surface area contributed by atoms with Gasteiger partial charge in [-0.25, -0.2) is 9.59 Å². The van der Waals surface area contributed by atoms with Crippen LogP contribution in [-0.2, 0) is 16.0 Å². The van der Waals surface area contributed by atoms with Crippen LogP contribution >= 0.6 is 0 Å². The van der Waals surface area contributed by atoms with Gasteiger partial charge in [-0.15, -0.1) is 0 Å². The molecule has 3 amide bonds. The number of aliphatic carboxylic acids is 1. The molecule has 0 radical (unpaired) electrons. The molecule has 208 valence electrons. The monoisotopic (exact) mass is 528 g/mol. The van der Waals surface area contributed by atoms with Gasteiger partial charge in [0.1, 0.15) is 0 Å². The predicted octanol–water partition coefficient (Wildman–Crippen LogP) is 3.66. The van der Waals surface area contributed by atoms with Crippen LogP contribution in [0.15, 0.2) is 30.3 Å². The fourth-order valence-electron chi connectivity index (χ4n) is 5.07. The Bertz CT molecular complexity index is 888. The van der Waals surface area contributed by atoms with E-state index >= 15 is 0 Å². The lowest BCUT2D eigenvalue weighted by Gasteiger charge is -2.53. The summed E-state index contributed by atoms with van der Waals surface area (Å²) in [6, 6.07) is 10.2. The van der Waals surface area contributed by atoms with Gasteiger partial charge in [0, 0.05) is 25.6 Å². The second kappa shape index (κ2) is 13.6. The Morgan fingerprint density at radius 3 is 2.22 bits per heavy atom. The number of hydrogen-bond acceptors (Lipinski definition) is 4. The Balaban J connectivity index is 0.000000604. The molecule has 8 nitrogen and oxygen atoms in total. The first-order valence-corrected chi connectivity index (χ1v) is 12.7. The first kappa shape index (κ1) is 30.4. The van der Waals surface area contributed by atoms with Crippen LogP contribution in [0.5, 0.6) is 0 Å². The molecule has 11 heteroatoms. The second-order valence-corrected chi connectivity index (χ2v) is 10.2. The molecule has 2 aliphatic heterocycles. The third-order valence-electron chi connectivity index (χ3n) is 7.05. The van der Waals surface area contributed by atoms with Crippen molar-refractivity contribution in [3.05, 3.63) is 35.9 Å². The number of carboxylic acid groups (broad SMARTS) is 1. The van der Waals surface area contributed by atoms with Crippen molar-refractivity contribution in [1.29, 1.82) is 0 Å². The summed E-state index contributed by atoms with van der Waals surface area (Å²) in [6.07, 6.45) is 0.569. The molecule has 0 bridgehead atoms. The number of amides is 3. The van der Waals surface area contributed by atoms with Crippen LogP contribution < -0.4 is 10.6 Å². The Morgan fingerprint density at radius 1 is 1.08 bits per heavy atom. The van der Waals surface area contributed by atoms with Crippen molar-refractivity contribution < 1.29 is 32.7 Å². The molecule has 1 unspecified atom stereocenters. The third-order valence-corrected chi connectivity index (χ3v) is 7.05. The summed E-state index contributed by atoms with van der Waals surface area (Å²) in [4.78, 5) is 38.9. The highest BCUT2D eigenvalue weighted by Gasteiger charge is 2.47. The minimum atomic E-state index is -5.08. The highest BCUT2D eigenvalue weighted by Crippen LogP contribution is 2.44. The quantitative estimate of drug-likeness (QED) is 0.523. The smallest absolute Gasteiger partial charge is 0.475 e. The number of carbonyl (C=O) groups is 3. The Kier molecular flexibility index (Phi) is 11.2. The molecule has 1 aromatic carbocycles. The average molecular weight is 529 g/mol. The summed E-state index contributed by atoms with van der Waals surface area (Å²) in [5.41, 5.74) is 1.31. The Labute approximate surface area is 216 Å². The van der Waals surface area contributed by atoms with Crippen molar-refractivity contribution in [2.24, 2.45) is 5.41 Å². The predicted molar refractivity (Wildman–Crippen MR) is 134 cm³/mol. The highest BCUT2D eigenvalue weighted by atomic mass is 19.4. The summed E-state index contributed by atoms with van der Waals surface area (Å²) in [7, 11) is 2.17. The number of halogens is 3. The molecule has 2 aliphatic rings. The topological polar surface area (TPSA) is 102 Å². The third kappa shape index (κ3) is 9.53. The van der Waals surface area contributed by atoms with E-state index in [4.69, 9.17) is 9.90 Å². The fourth-order valence-corrected chi connectivity index (χ4v) is 5.07. The average Bonchev–Trinajstić information content (AvgIpc) is 2.83.